The minimum Gasteiger partial charge on any atom is -0.399 e. The predicted molar refractivity (Wildman–Crippen MR) is 49.9 cm³/mol. The fraction of sp³-hybridized carbons (Fsp3) is 0. The monoisotopic (exact) mass is 216 g/mol. The number of hydrogen-bond donors (Lipinski definition) is 3. The molecule has 7 heteroatoms. The number of anilines is 1. The molecule has 0 atom stereocenters. The molecule has 0 saturated carbocycles. The zero-order valence-electron chi connectivity index (χ0n) is 6.97. The molecule has 1 rings (SSSR count). The molecular weight excluding hydrogens is 208 g/mol. The van der Waals surface area contributed by atoms with Crippen molar-refractivity contribution < 1.29 is 17.8 Å². The van der Waals surface area contributed by atoms with Crippen LogP contribution in [0.2, 0.25) is 0 Å². The van der Waals surface area contributed by atoms with Crippen LogP contribution in [0, 0.1) is 0 Å². The number of benzene rings is 1. The average Bonchev–Trinajstić information content (AvgIpc) is 2.01. The second-order valence-electron chi connectivity index (χ2n) is 2.53. The Labute approximate surface area is 80.6 Å². The van der Waals surface area contributed by atoms with Gasteiger partial charge in [0.2, 0.25) is 0 Å². The molecule has 0 spiro atoms. The quantitative estimate of drug-likeness (QED) is 0.468. The van der Waals surface area contributed by atoms with Crippen LogP contribution in [-0.4, -0.2) is 18.9 Å². The van der Waals surface area contributed by atoms with Crippen molar-refractivity contribution in [2.75, 3.05) is 5.73 Å². The van der Waals surface area contributed by atoms with Gasteiger partial charge in [-0.05, 0) is 18.2 Å². The molecule has 0 aliphatic carbocycles. The fourth-order valence-electron chi connectivity index (χ4n) is 0.856. The third-order valence-electron chi connectivity index (χ3n) is 1.37. The van der Waals surface area contributed by atoms with Gasteiger partial charge in [0.25, 0.3) is 5.91 Å². The summed E-state index contributed by atoms with van der Waals surface area (Å²) in [5, 5.41) is 0. The number of nitrogens with two attached hydrogens (primary N) is 1. The Bertz CT molecular complexity index is 455. The molecule has 14 heavy (non-hydrogen) atoms. The van der Waals surface area contributed by atoms with Crippen LogP contribution in [0.25, 0.3) is 0 Å². The molecule has 0 fully saturated rings. The normalized spacial score (nSPS) is 10.9. The van der Waals surface area contributed by atoms with Crippen molar-refractivity contribution in [1.82, 2.24) is 4.72 Å². The zero-order chi connectivity index (χ0) is 10.8. The summed E-state index contributed by atoms with van der Waals surface area (Å²) in [7, 11) is -4.52. The molecule has 0 aromatic heterocycles. The van der Waals surface area contributed by atoms with Crippen molar-refractivity contribution in [3.05, 3.63) is 29.8 Å². The Morgan fingerprint density at radius 2 is 2.07 bits per heavy atom. The third kappa shape index (κ3) is 3.04. The van der Waals surface area contributed by atoms with E-state index in [1.807, 2.05) is 0 Å². The highest BCUT2D eigenvalue weighted by atomic mass is 32.2. The van der Waals surface area contributed by atoms with Crippen molar-refractivity contribution in [1.29, 1.82) is 0 Å². The van der Waals surface area contributed by atoms with Crippen LogP contribution in [0.1, 0.15) is 10.4 Å². The lowest BCUT2D eigenvalue weighted by atomic mass is 10.2. The minimum absolute atomic E-state index is 0.0580. The van der Waals surface area contributed by atoms with E-state index in [1.54, 1.807) is 6.07 Å². The molecule has 0 unspecified atom stereocenters. The Kier molecular flexibility index (Phi) is 2.73. The molecule has 0 bridgehead atoms. The van der Waals surface area contributed by atoms with Crippen LogP contribution in [-0.2, 0) is 10.3 Å². The van der Waals surface area contributed by atoms with Crippen molar-refractivity contribution >= 4 is 21.9 Å². The first kappa shape index (κ1) is 10.5. The van der Waals surface area contributed by atoms with E-state index in [2.05, 4.69) is 0 Å². The smallest absolute Gasteiger partial charge is 0.359 e. The number of hydrogen-bond acceptors (Lipinski definition) is 4. The van der Waals surface area contributed by atoms with Gasteiger partial charge in [0.1, 0.15) is 0 Å². The standard InChI is InChI=1S/C7H8N2O4S/c8-6-3-1-2-5(4-6)7(10)9-14(11,12)13/h1-4H,8H2,(H,9,10)(H,11,12,13). The minimum atomic E-state index is -4.52. The Balaban J connectivity index is 2.91. The molecule has 1 aromatic rings. The number of amides is 1. The molecule has 0 aliphatic heterocycles. The molecule has 0 aliphatic rings. The van der Waals surface area contributed by atoms with Gasteiger partial charge in [0.15, 0.2) is 0 Å². The lowest BCUT2D eigenvalue weighted by Gasteiger charge is -2.01. The van der Waals surface area contributed by atoms with Gasteiger partial charge >= 0.3 is 10.3 Å². The van der Waals surface area contributed by atoms with E-state index in [9.17, 15) is 13.2 Å². The van der Waals surface area contributed by atoms with E-state index in [0.717, 1.165) is 0 Å². The van der Waals surface area contributed by atoms with Gasteiger partial charge in [0.05, 0.1) is 0 Å². The Hall–Kier alpha value is -1.60. The molecule has 1 amide bonds. The van der Waals surface area contributed by atoms with Gasteiger partial charge in [-0.1, -0.05) is 6.07 Å². The summed E-state index contributed by atoms with van der Waals surface area (Å²) >= 11 is 0. The zero-order valence-corrected chi connectivity index (χ0v) is 7.78. The van der Waals surface area contributed by atoms with Crippen LogP contribution in [0.15, 0.2) is 24.3 Å². The van der Waals surface area contributed by atoms with Gasteiger partial charge < -0.3 is 5.73 Å². The second-order valence-corrected chi connectivity index (χ2v) is 3.69. The molecule has 76 valence electrons. The lowest BCUT2D eigenvalue weighted by molar-refractivity contribution is 0.0979. The average molecular weight is 216 g/mol. The highest BCUT2D eigenvalue weighted by molar-refractivity contribution is 7.84. The maximum absolute atomic E-state index is 11.1. The molecule has 0 saturated heterocycles. The SMILES string of the molecule is Nc1cccc(C(=O)NS(=O)(=O)O)c1. The highest BCUT2D eigenvalue weighted by Gasteiger charge is 2.12. The summed E-state index contributed by atoms with van der Waals surface area (Å²) in [5.74, 6) is -0.931. The topological polar surface area (TPSA) is 109 Å². The van der Waals surface area contributed by atoms with Gasteiger partial charge in [0, 0.05) is 11.3 Å². The number of rotatable bonds is 2. The maximum Gasteiger partial charge on any atom is 0.359 e. The second kappa shape index (κ2) is 3.64. The summed E-state index contributed by atoms with van der Waals surface area (Å²) in [5.41, 5.74) is 5.75. The lowest BCUT2D eigenvalue weighted by Crippen LogP contribution is -2.29. The molecule has 1 aromatic carbocycles. The van der Waals surface area contributed by atoms with Crippen molar-refractivity contribution in [2.24, 2.45) is 0 Å². The van der Waals surface area contributed by atoms with Gasteiger partial charge in [-0.2, -0.15) is 8.42 Å². The maximum atomic E-state index is 11.1. The molecular formula is C7H8N2O4S. The molecule has 6 nitrogen and oxygen atoms in total. The number of nitrogens with one attached hydrogen (secondary N) is 1. The first-order valence-corrected chi connectivity index (χ1v) is 4.97. The highest BCUT2D eigenvalue weighted by Crippen LogP contribution is 2.06. The largest absolute Gasteiger partial charge is 0.399 e. The van der Waals surface area contributed by atoms with Crippen LogP contribution in [0.3, 0.4) is 0 Å². The van der Waals surface area contributed by atoms with E-state index >= 15 is 0 Å². The van der Waals surface area contributed by atoms with E-state index in [4.69, 9.17) is 10.3 Å². The summed E-state index contributed by atoms with van der Waals surface area (Å²) in [6.45, 7) is 0. The first-order valence-electron chi connectivity index (χ1n) is 3.53. The van der Waals surface area contributed by atoms with Gasteiger partial charge in [-0.25, -0.2) is 4.72 Å². The number of carbonyl (C=O) groups is 1. The Morgan fingerprint density at radius 3 is 2.57 bits per heavy atom. The van der Waals surface area contributed by atoms with E-state index < -0.39 is 16.2 Å². The van der Waals surface area contributed by atoms with E-state index in [-0.39, 0.29) is 5.56 Å². The van der Waals surface area contributed by atoms with Crippen molar-refractivity contribution in [2.45, 2.75) is 0 Å². The summed E-state index contributed by atoms with van der Waals surface area (Å²) in [6.07, 6.45) is 0. The molecule has 0 radical (unpaired) electrons. The van der Waals surface area contributed by atoms with E-state index in [1.165, 1.54) is 22.9 Å². The van der Waals surface area contributed by atoms with Gasteiger partial charge in [-0.15, -0.1) is 0 Å². The summed E-state index contributed by atoms with van der Waals surface area (Å²) in [4.78, 5) is 11.1. The summed E-state index contributed by atoms with van der Waals surface area (Å²) < 4.78 is 30.3. The Morgan fingerprint density at radius 1 is 1.43 bits per heavy atom. The number of carbonyl (C=O) groups excluding carboxylic acids is 1. The van der Waals surface area contributed by atoms with Crippen LogP contribution in [0.4, 0.5) is 5.69 Å². The molecule has 0 heterocycles. The first-order chi connectivity index (χ1) is 6.38. The van der Waals surface area contributed by atoms with Crippen LogP contribution < -0.4 is 10.5 Å². The van der Waals surface area contributed by atoms with Crippen molar-refractivity contribution in [3.63, 3.8) is 0 Å². The summed E-state index contributed by atoms with van der Waals surface area (Å²) in [6, 6.07) is 5.70. The number of nitrogen functional groups attached to an aromatic ring is 1. The van der Waals surface area contributed by atoms with E-state index in [0.29, 0.717) is 5.69 Å². The van der Waals surface area contributed by atoms with Crippen molar-refractivity contribution in [3.8, 4) is 0 Å². The predicted octanol–water partition coefficient (Wildman–Crippen LogP) is -0.199. The molecule has 4 N–H and O–H groups in total. The fourth-order valence-corrected chi connectivity index (χ4v) is 1.21. The third-order valence-corrected chi connectivity index (χ3v) is 1.81. The van der Waals surface area contributed by atoms with Crippen LogP contribution in [0.5, 0.6) is 0 Å². The van der Waals surface area contributed by atoms with Gasteiger partial charge in [-0.3, -0.25) is 9.35 Å². The van der Waals surface area contributed by atoms with Crippen LogP contribution >= 0.6 is 0 Å².